The molecule has 0 unspecified atom stereocenters. The van der Waals surface area contributed by atoms with Crippen molar-refractivity contribution in [2.24, 2.45) is 0 Å². The fourth-order valence-corrected chi connectivity index (χ4v) is 3.01. The molecule has 0 aliphatic carbocycles. The van der Waals surface area contributed by atoms with Crippen LogP contribution in [0.1, 0.15) is 5.01 Å². The third-order valence-electron chi connectivity index (χ3n) is 3.20. The van der Waals surface area contributed by atoms with E-state index in [2.05, 4.69) is 16.4 Å². The Kier molecular flexibility index (Phi) is 4.90. The Hall–Kier alpha value is -2.68. The van der Waals surface area contributed by atoms with E-state index in [1.807, 2.05) is 17.5 Å². The topological polar surface area (TPSA) is 48.7 Å². The molecule has 118 valence electrons. The summed E-state index contributed by atoms with van der Waals surface area (Å²) in [6.45, 7) is 0. The van der Waals surface area contributed by atoms with Gasteiger partial charge in [0.25, 0.3) is 0 Å². The van der Waals surface area contributed by atoms with Crippen LogP contribution in [0.25, 0.3) is 16.8 Å². The van der Waals surface area contributed by atoms with Gasteiger partial charge in [-0.3, -0.25) is 0 Å². The van der Waals surface area contributed by atoms with Crippen LogP contribution in [-0.2, 0) is 0 Å². The zero-order valence-corrected chi connectivity index (χ0v) is 13.9. The second-order valence-electron chi connectivity index (χ2n) is 4.87. The van der Waals surface area contributed by atoms with Crippen molar-refractivity contribution < 1.29 is 4.39 Å². The standard InChI is InChI=1S/C18H11ClFN3S/c19-14-2-1-3-16(8-14)22-10-13(9-21)18-23-17(11-24-18)12-4-6-15(20)7-5-12/h1-8,10-11,22H/b13-10-. The van der Waals surface area contributed by atoms with Gasteiger partial charge in [0.05, 0.1) is 5.69 Å². The van der Waals surface area contributed by atoms with E-state index in [-0.39, 0.29) is 5.82 Å². The summed E-state index contributed by atoms with van der Waals surface area (Å²) in [5.74, 6) is -0.294. The average molecular weight is 356 g/mol. The summed E-state index contributed by atoms with van der Waals surface area (Å²) in [5.41, 5.74) is 2.71. The number of rotatable bonds is 4. The van der Waals surface area contributed by atoms with Crippen LogP contribution in [-0.4, -0.2) is 4.98 Å². The Bertz CT molecular complexity index is 926. The van der Waals surface area contributed by atoms with Crippen molar-refractivity contribution in [3.8, 4) is 17.3 Å². The molecule has 3 nitrogen and oxygen atoms in total. The lowest BCUT2D eigenvalue weighted by Crippen LogP contribution is -1.91. The lowest BCUT2D eigenvalue weighted by molar-refractivity contribution is 0.628. The summed E-state index contributed by atoms with van der Waals surface area (Å²) >= 11 is 7.29. The van der Waals surface area contributed by atoms with E-state index in [4.69, 9.17) is 11.6 Å². The van der Waals surface area contributed by atoms with E-state index in [0.717, 1.165) is 11.3 Å². The van der Waals surface area contributed by atoms with Crippen molar-refractivity contribution in [3.05, 3.63) is 76.0 Å². The minimum Gasteiger partial charge on any atom is -0.360 e. The van der Waals surface area contributed by atoms with Crippen LogP contribution in [0.5, 0.6) is 0 Å². The molecule has 1 heterocycles. The van der Waals surface area contributed by atoms with E-state index in [1.54, 1.807) is 30.5 Å². The largest absolute Gasteiger partial charge is 0.360 e. The van der Waals surface area contributed by atoms with E-state index in [1.165, 1.54) is 23.5 Å². The van der Waals surface area contributed by atoms with Gasteiger partial charge in [0, 0.05) is 27.9 Å². The molecule has 0 bridgehead atoms. The molecule has 6 heteroatoms. The number of hydrogen-bond acceptors (Lipinski definition) is 4. The van der Waals surface area contributed by atoms with Crippen molar-refractivity contribution in [3.63, 3.8) is 0 Å². The fraction of sp³-hybridized carbons (Fsp3) is 0. The molecular formula is C18H11ClFN3S. The number of nitriles is 1. The maximum atomic E-state index is 13.0. The highest BCUT2D eigenvalue weighted by atomic mass is 35.5. The first-order valence-electron chi connectivity index (χ1n) is 7.00. The van der Waals surface area contributed by atoms with E-state index >= 15 is 0 Å². The van der Waals surface area contributed by atoms with Crippen LogP contribution in [0.2, 0.25) is 5.02 Å². The molecule has 0 spiro atoms. The van der Waals surface area contributed by atoms with Crippen LogP contribution in [0.4, 0.5) is 10.1 Å². The molecule has 0 atom stereocenters. The maximum Gasteiger partial charge on any atom is 0.136 e. The quantitative estimate of drug-likeness (QED) is 0.621. The molecule has 1 N–H and O–H groups in total. The molecule has 0 saturated heterocycles. The minimum absolute atomic E-state index is 0.294. The SMILES string of the molecule is N#C/C(=C/Nc1cccc(Cl)c1)c1nc(-c2ccc(F)cc2)cs1. The predicted molar refractivity (Wildman–Crippen MR) is 96.2 cm³/mol. The van der Waals surface area contributed by atoms with Crippen LogP contribution in [0.3, 0.4) is 0 Å². The number of anilines is 1. The molecule has 0 aliphatic rings. The highest BCUT2D eigenvalue weighted by Crippen LogP contribution is 2.26. The molecule has 0 aliphatic heterocycles. The Morgan fingerprint density at radius 2 is 2.04 bits per heavy atom. The molecule has 24 heavy (non-hydrogen) atoms. The van der Waals surface area contributed by atoms with Crippen molar-refractivity contribution in [1.29, 1.82) is 5.26 Å². The second kappa shape index (κ2) is 7.26. The van der Waals surface area contributed by atoms with Crippen LogP contribution < -0.4 is 5.32 Å². The highest BCUT2D eigenvalue weighted by molar-refractivity contribution is 7.11. The van der Waals surface area contributed by atoms with Crippen molar-refractivity contribution in [2.75, 3.05) is 5.32 Å². The molecule has 3 rings (SSSR count). The third-order valence-corrected chi connectivity index (χ3v) is 4.31. The minimum atomic E-state index is -0.294. The van der Waals surface area contributed by atoms with Crippen molar-refractivity contribution >= 4 is 34.2 Å². The Morgan fingerprint density at radius 1 is 1.25 bits per heavy atom. The molecule has 1 aromatic heterocycles. The second-order valence-corrected chi connectivity index (χ2v) is 6.16. The third kappa shape index (κ3) is 3.80. The summed E-state index contributed by atoms with van der Waals surface area (Å²) in [7, 11) is 0. The number of allylic oxidation sites excluding steroid dienone is 1. The Balaban J connectivity index is 1.82. The van der Waals surface area contributed by atoms with Crippen molar-refractivity contribution in [2.45, 2.75) is 0 Å². The molecular weight excluding hydrogens is 345 g/mol. The van der Waals surface area contributed by atoms with Gasteiger partial charge in [0.1, 0.15) is 22.5 Å². The molecule has 0 amide bonds. The van der Waals surface area contributed by atoms with Gasteiger partial charge in [-0.25, -0.2) is 9.37 Å². The summed E-state index contributed by atoms with van der Waals surface area (Å²) in [6.07, 6.45) is 1.60. The lowest BCUT2D eigenvalue weighted by atomic mass is 10.2. The van der Waals surface area contributed by atoms with Crippen LogP contribution in [0, 0.1) is 17.1 Å². The van der Waals surface area contributed by atoms with Gasteiger partial charge in [-0.15, -0.1) is 11.3 Å². The predicted octanol–water partition coefficient (Wildman–Crippen LogP) is 5.58. The number of nitrogens with one attached hydrogen (secondary N) is 1. The van der Waals surface area contributed by atoms with E-state index < -0.39 is 0 Å². The molecule has 0 radical (unpaired) electrons. The first-order valence-corrected chi connectivity index (χ1v) is 8.25. The first-order chi connectivity index (χ1) is 11.7. The van der Waals surface area contributed by atoms with Gasteiger partial charge in [-0.05, 0) is 42.5 Å². The van der Waals surface area contributed by atoms with Gasteiger partial charge in [0.15, 0.2) is 0 Å². The maximum absolute atomic E-state index is 13.0. The number of benzene rings is 2. The summed E-state index contributed by atoms with van der Waals surface area (Å²) in [6, 6.07) is 15.4. The summed E-state index contributed by atoms with van der Waals surface area (Å²) in [5, 5.41) is 15.4. The van der Waals surface area contributed by atoms with Gasteiger partial charge in [0.2, 0.25) is 0 Å². The number of halogens is 2. The van der Waals surface area contributed by atoms with Crippen LogP contribution in [0.15, 0.2) is 60.1 Å². The molecule has 2 aromatic carbocycles. The van der Waals surface area contributed by atoms with Gasteiger partial charge >= 0.3 is 0 Å². The Labute approximate surface area is 147 Å². The number of aromatic nitrogens is 1. The molecule has 0 fully saturated rings. The summed E-state index contributed by atoms with van der Waals surface area (Å²) in [4.78, 5) is 4.45. The normalized spacial score (nSPS) is 11.1. The molecule has 0 saturated carbocycles. The van der Waals surface area contributed by atoms with Gasteiger partial charge < -0.3 is 5.32 Å². The average Bonchev–Trinajstić information content (AvgIpc) is 3.06. The number of thiazole rings is 1. The number of hydrogen-bond donors (Lipinski definition) is 1. The van der Waals surface area contributed by atoms with Crippen LogP contribution >= 0.6 is 22.9 Å². The highest BCUT2D eigenvalue weighted by Gasteiger charge is 2.09. The van der Waals surface area contributed by atoms with E-state index in [9.17, 15) is 9.65 Å². The van der Waals surface area contributed by atoms with E-state index in [0.29, 0.717) is 21.3 Å². The summed E-state index contributed by atoms with van der Waals surface area (Å²) < 4.78 is 13.0. The fourth-order valence-electron chi connectivity index (χ4n) is 2.03. The van der Waals surface area contributed by atoms with Gasteiger partial charge in [-0.2, -0.15) is 5.26 Å². The zero-order chi connectivity index (χ0) is 16.9. The zero-order valence-electron chi connectivity index (χ0n) is 12.3. The molecule has 3 aromatic rings. The first kappa shape index (κ1) is 16.2. The Morgan fingerprint density at radius 3 is 2.75 bits per heavy atom. The lowest BCUT2D eigenvalue weighted by Gasteiger charge is -2.01. The van der Waals surface area contributed by atoms with Gasteiger partial charge in [-0.1, -0.05) is 17.7 Å². The smallest absolute Gasteiger partial charge is 0.136 e. The number of nitrogens with zero attached hydrogens (tertiary/aromatic N) is 2. The van der Waals surface area contributed by atoms with Crippen molar-refractivity contribution in [1.82, 2.24) is 4.98 Å². The monoisotopic (exact) mass is 355 g/mol.